The number of benzene rings is 2. The van der Waals surface area contributed by atoms with Gasteiger partial charge in [0.05, 0.1) is 5.52 Å². The van der Waals surface area contributed by atoms with Crippen LogP contribution >= 0.6 is 0 Å². The minimum atomic E-state index is -0.878. The second kappa shape index (κ2) is 8.56. The Bertz CT molecular complexity index is 982. The van der Waals surface area contributed by atoms with Crippen molar-refractivity contribution in [3.63, 3.8) is 0 Å². The molecule has 0 aliphatic heterocycles. The molecule has 3 rings (SSSR count). The van der Waals surface area contributed by atoms with Gasteiger partial charge in [-0.1, -0.05) is 30.3 Å². The van der Waals surface area contributed by atoms with Crippen LogP contribution in [0.3, 0.4) is 0 Å². The molecule has 7 heteroatoms. The van der Waals surface area contributed by atoms with Crippen LogP contribution in [0.25, 0.3) is 10.9 Å². The van der Waals surface area contributed by atoms with Crippen LogP contribution in [0.5, 0.6) is 0 Å². The first-order chi connectivity index (χ1) is 13.4. The molecule has 0 saturated heterocycles. The van der Waals surface area contributed by atoms with Gasteiger partial charge in [-0.2, -0.15) is 5.10 Å². The van der Waals surface area contributed by atoms with Gasteiger partial charge in [-0.25, -0.2) is 4.79 Å². The highest BCUT2D eigenvalue weighted by Gasteiger charge is 2.15. The van der Waals surface area contributed by atoms with Gasteiger partial charge in [-0.3, -0.25) is 9.48 Å². The lowest BCUT2D eigenvalue weighted by atomic mass is 10.0. The summed E-state index contributed by atoms with van der Waals surface area (Å²) >= 11 is 0. The highest BCUT2D eigenvalue weighted by Crippen LogP contribution is 2.21. The van der Waals surface area contributed by atoms with Gasteiger partial charge in [0.2, 0.25) is 0 Å². The summed E-state index contributed by atoms with van der Waals surface area (Å²) in [4.78, 5) is 23.4. The molecule has 1 heterocycles. The zero-order chi connectivity index (χ0) is 20.1. The molecule has 28 heavy (non-hydrogen) atoms. The first kappa shape index (κ1) is 19.4. The third-order valence-corrected chi connectivity index (χ3v) is 4.76. The smallest absolute Gasteiger partial charge is 0.319 e. The van der Waals surface area contributed by atoms with Gasteiger partial charge in [0.25, 0.3) is 0 Å². The standard InChI is InChI=1S/C21H24N4O3/c1-14-18-10-8-17(13-19(18)24-25(14)2)23-21(28)22-16(9-11-20(26)27)12-15-6-4-3-5-7-15/h3-8,10,13,16H,9,11-12H2,1-2H3,(H,26,27)(H2,22,23,28). The fraction of sp³-hybridized carbons (Fsp3) is 0.286. The van der Waals surface area contributed by atoms with Gasteiger partial charge >= 0.3 is 12.0 Å². The number of rotatable bonds is 7. The van der Waals surface area contributed by atoms with Crippen LogP contribution in [-0.4, -0.2) is 32.9 Å². The Morgan fingerprint density at radius 2 is 1.93 bits per heavy atom. The van der Waals surface area contributed by atoms with E-state index >= 15 is 0 Å². The summed E-state index contributed by atoms with van der Waals surface area (Å²) in [5.74, 6) is -0.878. The number of nitrogens with zero attached hydrogens (tertiary/aromatic N) is 2. The first-order valence-corrected chi connectivity index (χ1v) is 9.19. The van der Waals surface area contributed by atoms with Gasteiger partial charge in [-0.05, 0) is 43.5 Å². The lowest BCUT2D eigenvalue weighted by Crippen LogP contribution is -2.39. The molecule has 1 unspecified atom stereocenters. The molecule has 1 aromatic heterocycles. The SMILES string of the molecule is Cc1c2ccc(NC(=O)NC(CCC(=O)O)Cc3ccccc3)cc2nn1C. The molecule has 0 aliphatic carbocycles. The number of aliphatic carboxylic acids is 1. The van der Waals surface area contributed by atoms with E-state index in [0.717, 1.165) is 22.2 Å². The van der Waals surface area contributed by atoms with Crippen molar-refractivity contribution >= 4 is 28.6 Å². The maximum absolute atomic E-state index is 12.5. The number of nitrogens with one attached hydrogen (secondary N) is 2. The van der Waals surface area contributed by atoms with E-state index in [0.29, 0.717) is 18.5 Å². The second-order valence-electron chi connectivity index (χ2n) is 6.86. The molecule has 2 amide bonds. The van der Waals surface area contributed by atoms with Crippen LogP contribution in [0.15, 0.2) is 48.5 Å². The molecule has 2 aromatic carbocycles. The van der Waals surface area contributed by atoms with E-state index in [1.807, 2.05) is 62.5 Å². The molecule has 146 valence electrons. The van der Waals surface area contributed by atoms with Gasteiger partial charge in [0.15, 0.2) is 0 Å². The summed E-state index contributed by atoms with van der Waals surface area (Å²) < 4.78 is 1.80. The van der Waals surface area contributed by atoms with E-state index in [1.54, 1.807) is 4.68 Å². The van der Waals surface area contributed by atoms with Gasteiger partial charge in [-0.15, -0.1) is 0 Å². The molecule has 0 spiro atoms. The Kier molecular flexibility index (Phi) is 5.93. The van der Waals surface area contributed by atoms with Crippen molar-refractivity contribution in [3.8, 4) is 0 Å². The Balaban J connectivity index is 1.67. The number of hydrogen-bond acceptors (Lipinski definition) is 3. The number of fused-ring (bicyclic) bond motifs is 1. The van der Waals surface area contributed by atoms with Crippen molar-refractivity contribution < 1.29 is 14.7 Å². The van der Waals surface area contributed by atoms with Crippen molar-refractivity contribution in [2.24, 2.45) is 7.05 Å². The van der Waals surface area contributed by atoms with Gasteiger partial charge in [0, 0.05) is 36.3 Å². The van der Waals surface area contributed by atoms with Crippen LogP contribution in [0, 0.1) is 6.92 Å². The minimum absolute atomic E-state index is 0.00302. The zero-order valence-electron chi connectivity index (χ0n) is 16.0. The Morgan fingerprint density at radius 1 is 1.18 bits per heavy atom. The lowest BCUT2D eigenvalue weighted by Gasteiger charge is -2.19. The summed E-state index contributed by atoms with van der Waals surface area (Å²) in [5.41, 5.74) is 3.55. The third-order valence-electron chi connectivity index (χ3n) is 4.76. The van der Waals surface area contributed by atoms with Crippen LogP contribution in [0.4, 0.5) is 10.5 Å². The van der Waals surface area contributed by atoms with Crippen molar-refractivity contribution in [1.29, 1.82) is 0 Å². The number of carboxylic acids is 1. The van der Waals surface area contributed by atoms with Crippen molar-refractivity contribution in [2.75, 3.05) is 5.32 Å². The fourth-order valence-electron chi connectivity index (χ4n) is 3.18. The largest absolute Gasteiger partial charge is 0.481 e. The molecule has 1 atom stereocenters. The number of hydrogen-bond donors (Lipinski definition) is 3. The molecular formula is C21H24N4O3. The fourth-order valence-corrected chi connectivity index (χ4v) is 3.18. The monoisotopic (exact) mass is 380 g/mol. The zero-order valence-corrected chi connectivity index (χ0v) is 16.0. The first-order valence-electron chi connectivity index (χ1n) is 9.19. The average molecular weight is 380 g/mol. The number of carbonyl (C=O) groups is 2. The lowest BCUT2D eigenvalue weighted by molar-refractivity contribution is -0.137. The molecular weight excluding hydrogens is 356 g/mol. The Labute approximate surface area is 163 Å². The highest BCUT2D eigenvalue weighted by atomic mass is 16.4. The van der Waals surface area contributed by atoms with Crippen LogP contribution in [0.1, 0.15) is 24.1 Å². The number of amides is 2. The van der Waals surface area contributed by atoms with Gasteiger partial charge < -0.3 is 15.7 Å². The summed E-state index contributed by atoms with van der Waals surface area (Å²) in [6, 6.07) is 14.6. The van der Waals surface area contributed by atoms with Crippen molar-refractivity contribution in [2.45, 2.75) is 32.2 Å². The molecule has 0 bridgehead atoms. The van der Waals surface area contributed by atoms with Crippen LogP contribution < -0.4 is 10.6 Å². The summed E-state index contributed by atoms with van der Waals surface area (Å²) in [6.07, 6.45) is 0.924. The van der Waals surface area contributed by atoms with E-state index in [1.165, 1.54) is 0 Å². The van der Waals surface area contributed by atoms with E-state index < -0.39 is 5.97 Å². The predicted molar refractivity (Wildman–Crippen MR) is 108 cm³/mol. The number of carbonyl (C=O) groups excluding carboxylic acids is 1. The molecule has 0 fully saturated rings. The van der Waals surface area contributed by atoms with E-state index in [9.17, 15) is 9.59 Å². The molecule has 3 aromatic rings. The third kappa shape index (κ3) is 4.88. The average Bonchev–Trinajstić information content (AvgIpc) is 2.94. The summed E-state index contributed by atoms with van der Waals surface area (Å²) in [5, 5.41) is 20.2. The normalized spacial score (nSPS) is 11.9. The summed E-state index contributed by atoms with van der Waals surface area (Å²) in [7, 11) is 1.88. The highest BCUT2D eigenvalue weighted by molar-refractivity contribution is 5.93. The molecule has 7 nitrogen and oxygen atoms in total. The summed E-state index contributed by atoms with van der Waals surface area (Å²) in [6.45, 7) is 1.99. The second-order valence-corrected chi connectivity index (χ2v) is 6.86. The Hall–Kier alpha value is -3.35. The number of carboxylic acid groups (broad SMARTS) is 1. The quantitative estimate of drug-likeness (QED) is 0.585. The Morgan fingerprint density at radius 3 is 2.64 bits per heavy atom. The maximum atomic E-state index is 12.5. The van der Waals surface area contributed by atoms with E-state index in [-0.39, 0.29) is 18.5 Å². The molecule has 0 saturated carbocycles. The van der Waals surface area contributed by atoms with E-state index in [2.05, 4.69) is 15.7 Å². The molecule has 0 aliphatic rings. The number of anilines is 1. The van der Waals surface area contributed by atoms with Crippen LogP contribution in [0.2, 0.25) is 0 Å². The minimum Gasteiger partial charge on any atom is -0.481 e. The number of aryl methyl sites for hydroxylation is 2. The van der Waals surface area contributed by atoms with Gasteiger partial charge in [0.1, 0.15) is 0 Å². The van der Waals surface area contributed by atoms with Crippen molar-refractivity contribution in [3.05, 3.63) is 59.8 Å². The van der Waals surface area contributed by atoms with Crippen LogP contribution in [-0.2, 0) is 18.3 Å². The predicted octanol–water partition coefficient (Wildman–Crippen LogP) is 3.48. The number of urea groups is 1. The molecule has 0 radical (unpaired) electrons. The number of aromatic nitrogens is 2. The maximum Gasteiger partial charge on any atom is 0.319 e. The molecule has 3 N–H and O–H groups in total. The topological polar surface area (TPSA) is 96.2 Å². The van der Waals surface area contributed by atoms with Crippen molar-refractivity contribution in [1.82, 2.24) is 15.1 Å². The van der Waals surface area contributed by atoms with E-state index in [4.69, 9.17) is 5.11 Å².